The Kier molecular flexibility index (Phi) is 3.58. The zero-order valence-corrected chi connectivity index (χ0v) is 11.9. The van der Waals surface area contributed by atoms with E-state index in [2.05, 4.69) is 32.8 Å². The fourth-order valence-corrected chi connectivity index (χ4v) is 2.68. The highest BCUT2D eigenvalue weighted by molar-refractivity contribution is 7.13. The molecule has 0 spiro atoms. The Morgan fingerprint density at radius 1 is 1.30 bits per heavy atom. The summed E-state index contributed by atoms with van der Waals surface area (Å²) in [5.74, 6) is 0. The number of thiazole rings is 1. The van der Waals surface area contributed by atoms with Gasteiger partial charge in [-0.25, -0.2) is 9.67 Å². The van der Waals surface area contributed by atoms with Gasteiger partial charge in [0.2, 0.25) is 0 Å². The molecule has 3 rings (SSSR count). The maximum atomic E-state index is 5.77. The lowest BCUT2D eigenvalue weighted by Gasteiger charge is -1.97. The van der Waals surface area contributed by atoms with Crippen molar-refractivity contribution in [3.05, 3.63) is 53.3 Å². The third kappa shape index (κ3) is 2.76. The average Bonchev–Trinajstić information content (AvgIpc) is 3.10. The molecule has 0 aliphatic carbocycles. The fourth-order valence-electron chi connectivity index (χ4n) is 1.86. The molecular weight excluding hydrogens is 270 g/mol. The molecule has 1 atom stereocenters. The van der Waals surface area contributed by atoms with Gasteiger partial charge in [0.25, 0.3) is 0 Å². The summed E-state index contributed by atoms with van der Waals surface area (Å²) < 4.78 is 1.77. The van der Waals surface area contributed by atoms with E-state index in [0.717, 1.165) is 22.0 Å². The first-order valence-electron chi connectivity index (χ1n) is 6.38. The first kappa shape index (κ1) is 13.0. The predicted molar refractivity (Wildman–Crippen MR) is 79.3 cm³/mol. The molecular formula is C14H15N5S. The van der Waals surface area contributed by atoms with Gasteiger partial charge in [0, 0.05) is 17.0 Å². The molecule has 2 N–H and O–H groups in total. The molecule has 0 aliphatic rings. The molecule has 102 valence electrons. The largest absolute Gasteiger partial charge is 0.323 e. The number of nitrogens with two attached hydrogens (primary N) is 1. The fraction of sp³-hybridized carbons (Fsp3) is 0.214. The van der Waals surface area contributed by atoms with Gasteiger partial charge in [-0.1, -0.05) is 35.5 Å². The van der Waals surface area contributed by atoms with Gasteiger partial charge in [0.15, 0.2) is 0 Å². The number of hydrogen-bond acceptors (Lipinski definition) is 5. The Bertz CT molecular complexity index is 686. The highest BCUT2D eigenvalue weighted by Gasteiger charge is 2.08. The van der Waals surface area contributed by atoms with Crippen LogP contribution in [0.25, 0.3) is 10.6 Å². The SMILES string of the molecule is CC(N)c1cn(Cc2csc(-c3ccccc3)n2)nn1. The molecule has 1 unspecified atom stereocenters. The van der Waals surface area contributed by atoms with Crippen LogP contribution in [-0.4, -0.2) is 20.0 Å². The number of rotatable bonds is 4. The van der Waals surface area contributed by atoms with Crippen molar-refractivity contribution in [2.45, 2.75) is 19.5 Å². The molecule has 20 heavy (non-hydrogen) atoms. The quantitative estimate of drug-likeness (QED) is 0.799. The maximum absolute atomic E-state index is 5.77. The van der Waals surface area contributed by atoms with E-state index in [0.29, 0.717) is 6.54 Å². The lowest BCUT2D eigenvalue weighted by molar-refractivity contribution is 0.640. The van der Waals surface area contributed by atoms with Gasteiger partial charge >= 0.3 is 0 Å². The maximum Gasteiger partial charge on any atom is 0.123 e. The van der Waals surface area contributed by atoms with Crippen LogP contribution in [0.3, 0.4) is 0 Å². The van der Waals surface area contributed by atoms with Crippen LogP contribution in [0.15, 0.2) is 41.9 Å². The molecule has 0 bridgehead atoms. The van der Waals surface area contributed by atoms with E-state index in [1.807, 2.05) is 31.3 Å². The van der Waals surface area contributed by atoms with Crippen LogP contribution in [0, 0.1) is 0 Å². The van der Waals surface area contributed by atoms with Crippen molar-refractivity contribution in [1.82, 2.24) is 20.0 Å². The van der Waals surface area contributed by atoms with E-state index in [1.165, 1.54) is 0 Å². The van der Waals surface area contributed by atoms with Crippen LogP contribution in [-0.2, 0) is 6.54 Å². The van der Waals surface area contributed by atoms with Crippen molar-refractivity contribution in [3.8, 4) is 10.6 Å². The molecule has 2 aromatic heterocycles. The first-order valence-corrected chi connectivity index (χ1v) is 7.26. The highest BCUT2D eigenvalue weighted by atomic mass is 32.1. The summed E-state index contributed by atoms with van der Waals surface area (Å²) in [5, 5.41) is 11.2. The standard InChI is InChI=1S/C14H15N5S/c1-10(15)13-8-19(18-17-13)7-12-9-20-14(16-12)11-5-3-2-4-6-11/h2-6,8-10H,7,15H2,1H3. The zero-order chi connectivity index (χ0) is 13.9. The molecule has 2 heterocycles. The number of nitrogens with zero attached hydrogens (tertiary/aromatic N) is 4. The molecule has 1 aromatic carbocycles. The first-order chi connectivity index (χ1) is 9.72. The third-order valence-corrected chi connectivity index (χ3v) is 3.86. The van der Waals surface area contributed by atoms with Gasteiger partial charge in [0.05, 0.1) is 24.1 Å². The minimum atomic E-state index is -0.0981. The van der Waals surface area contributed by atoms with Gasteiger partial charge in [-0.05, 0) is 6.92 Å². The van der Waals surface area contributed by atoms with Crippen molar-refractivity contribution < 1.29 is 0 Å². The van der Waals surface area contributed by atoms with Crippen molar-refractivity contribution in [1.29, 1.82) is 0 Å². The molecule has 0 aliphatic heterocycles. The van der Waals surface area contributed by atoms with Crippen molar-refractivity contribution in [2.24, 2.45) is 5.73 Å². The van der Waals surface area contributed by atoms with Crippen molar-refractivity contribution in [3.63, 3.8) is 0 Å². The van der Waals surface area contributed by atoms with Gasteiger partial charge in [-0.3, -0.25) is 0 Å². The summed E-state index contributed by atoms with van der Waals surface area (Å²) in [7, 11) is 0. The van der Waals surface area contributed by atoms with Gasteiger partial charge in [0.1, 0.15) is 5.01 Å². The smallest absolute Gasteiger partial charge is 0.123 e. The normalized spacial score (nSPS) is 12.5. The lowest BCUT2D eigenvalue weighted by Crippen LogP contribution is -2.05. The molecule has 0 fully saturated rings. The predicted octanol–water partition coefficient (Wildman–Crippen LogP) is 2.47. The van der Waals surface area contributed by atoms with Crippen LogP contribution in [0.5, 0.6) is 0 Å². The lowest BCUT2D eigenvalue weighted by atomic mass is 10.2. The minimum absolute atomic E-state index is 0.0981. The number of hydrogen-bond donors (Lipinski definition) is 1. The number of aromatic nitrogens is 4. The van der Waals surface area contributed by atoms with E-state index < -0.39 is 0 Å². The van der Waals surface area contributed by atoms with E-state index in [4.69, 9.17) is 5.73 Å². The molecule has 6 heteroatoms. The Morgan fingerprint density at radius 2 is 2.10 bits per heavy atom. The highest BCUT2D eigenvalue weighted by Crippen LogP contribution is 2.23. The molecule has 0 amide bonds. The Hall–Kier alpha value is -2.05. The van der Waals surface area contributed by atoms with Crippen LogP contribution >= 0.6 is 11.3 Å². The minimum Gasteiger partial charge on any atom is -0.323 e. The summed E-state index contributed by atoms with van der Waals surface area (Å²) in [6.45, 7) is 2.51. The molecule has 0 radical (unpaired) electrons. The van der Waals surface area contributed by atoms with Gasteiger partial charge in [-0.15, -0.1) is 16.4 Å². The summed E-state index contributed by atoms with van der Waals surface area (Å²) in [6, 6.07) is 10.1. The zero-order valence-electron chi connectivity index (χ0n) is 11.1. The second-order valence-electron chi connectivity index (χ2n) is 4.64. The van der Waals surface area contributed by atoms with E-state index in [9.17, 15) is 0 Å². The number of benzene rings is 1. The van der Waals surface area contributed by atoms with E-state index >= 15 is 0 Å². The van der Waals surface area contributed by atoms with Crippen LogP contribution in [0.2, 0.25) is 0 Å². The third-order valence-electron chi connectivity index (χ3n) is 2.92. The monoisotopic (exact) mass is 285 g/mol. The Labute approximate surface area is 121 Å². The molecule has 3 aromatic rings. The van der Waals surface area contributed by atoms with Crippen LogP contribution in [0.1, 0.15) is 24.4 Å². The van der Waals surface area contributed by atoms with E-state index in [1.54, 1.807) is 16.0 Å². The average molecular weight is 285 g/mol. The topological polar surface area (TPSA) is 69.6 Å². The second-order valence-corrected chi connectivity index (χ2v) is 5.50. The van der Waals surface area contributed by atoms with Gasteiger partial charge in [-0.2, -0.15) is 0 Å². The van der Waals surface area contributed by atoms with E-state index in [-0.39, 0.29) is 6.04 Å². The van der Waals surface area contributed by atoms with Crippen molar-refractivity contribution in [2.75, 3.05) is 0 Å². The van der Waals surface area contributed by atoms with Crippen LogP contribution < -0.4 is 5.73 Å². The Morgan fingerprint density at radius 3 is 2.80 bits per heavy atom. The molecule has 5 nitrogen and oxygen atoms in total. The summed E-state index contributed by atoms with van der Waals surface area (Å²) in [6.07, 6.45) is 1.87. The summed E-state index contributed by atoms with van der Waals surface area (Å²) in [5.41, 5.74) is 8.69. The summed E-state index contributed by atoms with van der Waals surface area (Å²) in [4.78, 5) is 4.63. The summed E-state index contributed by atoms with van der Waals surface area (Å²) >= 11 is 1.64. The molecule has 0 saturated carbocycles. The van der Waals surface area contributed by atoms with Crippen molar-refractivity contribution >= 4 is 11.3 Å². The second kappa shape index (κ2) is 5.52. The van der Waals surface area contributed by atoms with Gasteiger partial charge < -0.3 is 5.73 Å². The molecule has 0 saturated heterocycles. The Balaban J connectivity index is 1.77. The van der Waals surface area contributed by atoms with Crippen LogP contribution in [0.4, 0.5) is 0 Å².